The van der Waals surface area contributed by atoms with Gasteiger partial charge in [0.15, 0.2) is 0 Å². The number of carbonyl (C=O) groups excluding carboxylic acids is 2. The van der Waals surface area contributed by atoms with E-state index in [-0.39, 0.29) is 23.9 Å². The number of fused-ring (bicyclic) bond motifs is 1. The predicted molar refractivity (Wildman–Crippen MR) is 154 cm³/mol. The van der Waals surface area contributed by atoms with Crippen LogP contribution in [0.2, 0.25) is 0 Å². The Hall–Kier alpha value is -2.66. The molecule has 5 nitrogen and oxygen atoms in total. The number of nitrogens with zero attached hydrogens (tertiary/aromatic N) is 1. The van der Waals surface area contributed by atoms with Crippen molar-refractivity contribution in [1.82, 2.24) is 0 Å². The molecule has 1 saturated carbocycles. The molecule has 206 valence electrons. The normalized spacial score (nSPS) is 21.5. The summed E-state index contributed by atoms with van der Waals surface area (Å²) in [6, 6.07) is 16.5. The van der Waals surface area contributed by atoms with E-state index < -0.39 is 11.5 Å². The maximum Gasteiger partial charge on any atom is 0.311 e. The number of carbonyl (C=O) groups is 2. The average Bonchev–Trinajstić information content (AvgIpc) is 3.00. The first-order chi connectivity index (χ1) is 18.1. The van der Waals surface area contributed by atoms with Crippen LogP contribution in [0.15, 0.2) is 48.5 Å². The monoisotopic (exact) mass is 518 g/mol. The number of hydrogen-bond donors (Lipinski definition) is 1. The smallest absolute Gasteiger partial charge is 0.311 e. The number of rotatable bonds is 8. The Morgan fingerprint density at radius 1 is 1.08 bits per heavy atom. The first-order valence-corrected chi connectivity index (χ1v) is 14.6. The maximum absolute atomic E-state index is 14.5. The Morgan fingerprint density at radius 3 is 2.42 bits per heavy atom. The first-order valence-electron chi connectivity index (χ1n) is 14.6. The SMILES string of the molecule is CCOC(=O)[C@@H](CCC1CCCCC1)[C@]1(N)CCc2ccccc2N(Cc2ccc(C(C)(C)C)cc2)C1=O. The highest BCUT2D eigenvalue weighted by atomic mass is 16.5. The number of amides is 1. The number of anilines is 1. The number of aryl methyl sites for hydroxylation is 1. The molecule has 1 amide bonds. The van der Waals surface area contributed by atoms with Gasteiger partial charge in [-0.05, 0) is 66.7 Å². The first kappa shape index (κ1) is 28.4. The predicted octanol–water partition coefficient (Wildman–Crippen LogP) is 6.70. The lowest BCUT2D eigenvalue weighted by Crippen LogP contribution is -2.61. The van der Waals surface area contributed by atoms with Gasteiger partial charge < -0.3 is 15.4 Å². The molecule has 4 rings (SSSR count). The lowest BCUT2D eigenvalue weighted by atomic mass is 9.74. The van der Waals surface area contributed by atoms with Crippen LogP contribution < -0.4 is 10.6 Å². The zero-order valence-electron chi connectivity index (χ0n) is 23.8. The summed E-state index contributed by atoms with van der Waals surface area (Å²) in [7, 11) is 0. The van der Waals surface area contributed by atoms with Crippen LogP contribution >= 0.6 is 0 Å². The number of hydrogen-bond acceptors (Lipinski definition) is 4. The molecule has 2 aliphatic rings. The summed E-state index contributed by atoms with van der Waals surface area (Å²) in [6.07, 6.45) is 8.77. The molecule has 1 aliphatic carbocycles. The third-order valence-corrected chi connectivity index (χ3v) is 8.68. The highest BCUT2D eigenvalue weighted by molar-refractivity contribution is 6.04. The van der Waals surface area contributed by atoms with Gasteiger partial charge in [0.2, 0.25) is 5.91 Å². The fraction of sp³-hybridized carbons (Fsp3) is 0.576. The van der Waals surface area contributed by atoms with Gasteiger partial charge >= 0.3 is 5.97 Å². The van der Waals surface area contributed by atoms with Crippen LogP contribution in [0.3, 0.4) is 0 Å². The van der Waals surface area contributed by atoms with E-state index >= 15 is 0 Å². The molecule has 0 bridgehead atoms. The maximum atomic E-state index is 14.5. The molecule has 0 radical (unpaired) electrons. The van der Waals surface area contributed by atoms with E-state index in [1.807, 2.05) is 30.0 Å². The molecule has 2 N–H and O–H groups in total. The van der Waals surface area contributed by atoms with Crippen molar-refractivity contribution in [3.8, 4) is 0 Å². The summed E-state index contributed by atoms with van der Waals surface area (Å²) in [5, 5.41) is 0. The second-order valence-electron chi connectivity index (χ2n) is 12.4. The van der Waals surface area contributed by atoms with Crippen molar-refractivity contribution in [2.24, 2.45) is 17.6 Å². The second-order valence-corrected chi connectivity index (χ2v) is 12.4. The summed E-state index contributed by atoms with van der Waals surface area (Å²) in [5.74, 6) is -0.569. The second kappa shape index (κ2) is 12.0. The third-order valence-electron chi connectivity index (χ3n) is 8.68. The van der Waals surface area contributed by atoms with Crippen LogP contribution in [0.4, 0.5) is 5.69 Å². The number of esters is 1. The van der Waals surface area contributed by atoms with Crippen molar-refractivity contribution in [2.75, 3.05) is 11.5 Å². The van der Waals surface area contributed by atoms with Gasteiger partial charge in [0, 0.05) is 5.69 Å². The fourth-order valence-electron chi connectivity index (χ4n) is 6.27. The Balaban J connectivity index is 1.66. The quantitative estimate of drug-likeness (QED) is 0.395. The van der Waals surface area contributed by atoms with E-state index in [4.69, 9.17) is 10.5 Å². The van der Waals surface area contributed by atoms with Gasteiger partial charge in [0.05, 0.1) is 19.1 Å². The van der Waals surface area contributed by atoms with Crippen molar-refractivity contribution in [3.63, 3.8) is 0 Å². The van der Waals surface area contributed by atoms with E-state index in [0.717, 1.165) is 23.2 Å². The Morgan fingerprint density at radius 2 is 1.76 bits per heavy atom. The minimum Gasteiger partial charge on any atom is -0.466 e. The molecule has 0 unspecified atom stereocenters. The van der Waals surface area contributed by atoms with Gasteiger partial charge in [-0.25, -0.2) is 0 Å². The zero-order valence-corrected chi connectivity index (χ0v) is 23.8. The van der Waals surface area contributed by atoms with Gasteiger partial charge in [-0.15, -0.1) is 0 Å². The summed E-state index contributed by atoms with van der Waals surface area (Å²) in [5.41, 5.74) is 10.1. The van der Waals surface area contributed by atoms with Gasteiger partial charge in [0.25, 0.3) is 0 Å². The molecular formula is C33H46N2O3. The number of ether oxygens (including phenoxy) is 1. The minimum atomic E-state index is -1.31. The number of para-hydroxylation sites is 1. The number of nitrogens with two attached hydrogens (primary N) is 1. The fourth-order valence-corrected chi connectivity index (χ4v) is 6.27. The van der Waals surface area contributed by atoms with Crippen LogP contribution in [-0.4, -0.2) is 24.0 Å². The van der Waals surface area contributed by atoms with Crippen molar-refractivity contribution >= 4 is 17.6 Å². The van der Waals surface area contributed by atoms with Crippen molar-refractivity contribution in [1.29, 1.82) is 0 Å². The van der Waals surface area contributed by atoms with Crippen molar-refractivity contribution in [3.05, 3.63) is 65.2 Å². The Bertz CT molecular complexity index is 1100. The van der Waals surface area contributed by atoms with Crippen LogP contribution in [-0.2, 0) is 32.7 Å². The molecule has 5 heteroatoms. The molecule has 1 heterocycles. The molecule has 0 spiro atoms. The summed E-state index contributed by atoms with van der Waals surface area (Å²) in [4.78, 5) is 29.7. The van der Waals surface area contributed by atoms with Gasteiger partial charge in [0.1, 0.15) is 5.54 Å². The largest absolute Gasteiger partial charge is 0.466 e. The Labute approximate surface area is 229 Å². The van der Waals surface area contributed by atoms with Gasteiger partial charge in [-0.1, -0.05) is 95.3 Å². The lowest BCUT2D eigenvalue weighted by Gasteiger charge is -2.38. The molecule has 0 saturated heterocycles. The van der Waals surface area contributed by atoms with Crippen LogP contribution in [0.1, 0.15) is 95.8 Å². The standard InChI is InChI=1S/C33H46N2O3/c1-5-38-30(36)28(20-17-24-11-7-6-8-12-24)33(34)22-21-26-13-9-10-14-29(26)35(31(33)37)23-25-15-18-27(19-16-25)32(2,3)4/h9-10,13-16,18-19,24,28H,5-8,11-12,17,20-23,34H2,1-4H3/t28-,33-/m1/s1. The number of benzene rings is 2. The highest BCUT2D eigenvalue weighted by Crippen LogP contribution is 2.39. The molecule has 2 atom stereocenters. The minimum absolute atomic E-state index is 0.0567. The average molecular weight is 519 g/mol. The molecule has 38 heavy (non-hydrogen) atoms. The van der Waals surface area contributed by atoms with E-state index in [2.05, 4.69) is 51.1 Å². The highest BCUT2D eigenvalue weighted by Gasteiger charge is 2.50. The molecule has 1 aliphatic heterocycles. The van der Waals surface area contributed by atoms with Crippen molar-refractivity contribution < 1.29 is 14.3 Å². The third kappa shape index (κ3) is 6.31. The van der Waals surface area contributed by atoms with Crippen LogP contribution in [0.5, 0.6) is 0 Å². The van der Waals surface area contributed by atoms with E-state index in [9.17, 15) is 9.59 Å². The summed E-state index contributed by atoms with van der Waals surface area (Å²) >= 11 is 0. The summed E-state index contributed by atoms with van der Waals surface area (Å²) in [6.45, 7) is 9.11. The van der Waals surface area contributed by atoms with E-state index in [0.29, 0.717) is 31.7 Å². The molecule has 2 aromatic rings. The Kier molecular flexibility index (Phi) is 8.97. The topological polar surface area (TPSA) is 72.6 Å². The van der Waals surface area contributed by atoms with Gasteiger partial charge in [-0.3, -0.25) is 9.59 Å². The molecular weight excluding hydrogens is 472 g/mol. The molecule has 1 fully saturated rings. The van der Waals surface area contributed by atoms with Crippen LogP contribution in [0, 0.1) is 11.8 Å². The van der Waals surface area contributed by atoms with Crippen LogP contribution in [0.25, 0.3) is 0 Å². The van der Waals surface area contributed by atoms with Crippen molar-refractivity contribution in [2.45, 2.75) is 103 Å². The zero-order chi connectivity index (χ0) is 27.3. The summed E-state index contributed by atoms with van der Waals surface area (Å²) < 4.78 is 5.54. The van der Waals surface area contributed by atoms with E-state index in [1.54, 1.807) is 0 Å². The van der Waals surface area contributed by atoms with E-state index in [1.165, 1.54) is 37.7 Å². The molecule has 0 aromatic heterocycles. The molecule has 2 aromatic carbocycles. The van der Waals surface area contributed by atoms with Gasteiger partial charge in [-0.2, -0.15) is 0 Å². The lowest BCUT2D eigenvalue weighted by molar-refractivity contribution is -0.154.